The van der Waals surface area contributed by atoms with Crippen LogP contribution >= 0.6 is 0 Å². The SMILES string of the molecule is CC1(C(=O)O)CCCC1NC(=O)C(C)(NC(=O)OCC1c2ccccc2-c2ccccc21)C1CC1. The lowest BCUT2D eigenvalue weighted by Crippen LogP contribution is -2.61. The number of rotatable bonds is 7. The molecule has 7 heteroatoms. The Morgan fingerprint density at radius 2 is 1.63 bits per heavy atom. The maximum atomic E-state index is 13.4. The van der Waals surface area contributed by atoms with Gasteiger partial charge >= 0.3 is 12.1 Å². The number of aliphatic carboxylic acids is 1. The van der Waals surface area contributed by atoms with E-state index in [2.05, 4.69) is 34.9 Å². The Morgan fingerprint density at radius 1 is 1.03 bits per heavy atom. The van der Waals surface area contributed by atoms with E-state index >= 15 is 0 Å². The highest BCUT2D eigenvalue weighted by atomic mass is 16.5. The summed E-state index contributed by atoms with van der Waals surface area (Å²) in [5, 5.41) is 15.5. The summed E-state index contributed by atoms with van der Waals surface area (Å²) in [5.74, 6) is -1.31. The molecule has 0 spiro atoms. The molecule has 0 radical (unpaired) electrons. The van der Waals surface area contributed by atoms with Crippen LogP contribution in [0.2, 0.25) is 0 Å². The van der Waals surface area contributed by atoms with Gasteiger partial charge in [-0.15, -0.1) is 0 Å². The molecule has 184 valence electrons. The van der Waals surface area contributed by atoms with Crippen LogP contribution in [-0.4, -0.2) is 41.3 Å². The lowest BCUT2D eigenvalue weighted by atomic mass is 9.84. The molecule has 2 aromatic carbocycles. The molecule has 2 amide bonds. The second-order valence-corrected chi connectivity index (χ2v) is 10.6. The molecule has 3 atom stereocenters. The summed E-state index contributed by atoms with van der Waals surface area (Å²) in [4.78, 5) is 38.1. The van der Waals surface area contributed by atoms with Gasteiger partial charge in [0.25, 0.3) is 0 Å². The number of carboxylic acid groups (broad SMARTS) is 1. The van der Waals surface area contributed by atoms with Crippen molar-refractivity contribution in [2.45, 2.75) is 63.5 Å². The molecule has 0 aromatic heterocycles. The van der Waals surface area contributed by atoms with Crippen molar-refractivity contribution in [3.8, 4) is 11.1 Å². The summed E-state index contributed by atoms with van der Waals surface area (Å²) < 4.78 is 5.69. The van der Waals surface area contributed by atoms with E-state index < -0.39 is 29.1 Å². The second kappa shape index (κ2) is 8.70. The van der Waals surface area contributed by atoms with Crippen LogP contribution in [0.15, 0.2) is 48.5 Å². The fourth-order valence-corrected chi connectivity index (χ4v) is 5.81. The monoisotopic (exact) mass is 476 g/mol. The zero-order chi connectivity index (χ0) is 24.8. The third-order valence-electron chi connectivity index (χ3n) is 8.32. The molecule has 0 bridgehead atoms. The number of nitrogens with one attached hydrogen (secondary N) is 2. The molecule has 3 unspecified atom stereocenters. The highest BCUT2D eigenvalue weighted by molar-refractivity contribution is 5.91. The Hall–Kier alpha value is -3.35. The minimum atomic E-state index is -1.15. The van der Waals surface area contributed by atoms with Crippen molar-refractivity contribution in [3.63, 3.8) is 0 Å². The van der Waals surface area contributed by atoms with Crippen LogP contribution in [0.5, 0.6) is 0 Å². The fourth-order valence-electron chi connectivity index (χ4n) is 5.81. The molecule has 5 rings (SSSR count). The number of alkyl carbamates (subject to hydrolysis) is 1. The van der Waals surface area contributed by atoms with Crippen molar-refractivity contribution in [3.05, 3.63) is 59.7 Å². The first-order chi connectivity index (χ1) is 16.7. The molecule has 7 nitrogen and oxygen atoms in total. The molecule has 0 aliphatic heterocycles. The standard InChI is InChI=1S/C28H32N2O5/c1-27(25(32)33)15-7-12-23(27)29-24(31)28(2,17-13-14-17)30-26(34)35-16-22-20-10-5-3-8-18(20)19-9-4-6-11-21(19)22/h3-6,8-11,17,22-23H,7,12-16H2,1-2H3,(H,29,31)(H,30,34)(H,32,33). The van der Waals surface area contributed by atoms with Crippen LogP contribution in [0.25, 0.3) is 11.1 Å². The molecule has 3 N–H and O–H groups in total. The minimum absolute atomic E-state index is 0.000435. The second-order valence-electron chi connectivity index (χ2n) is 10.6. The molecule has 35 heavy (non-hydrogen) atoms. The predicted octanol–water partition coefficient (Wildman–Crippen LogP) is 4.45. The van der Waals surface area contributed by atoms with Crippen molar-refractivity contribution in [1.29, 1.82) is 0 Å². The third-order valence-corrected chi connectivity index (χ3v) is 8.32. The Bertz CT molecular complexity index is 1130. The van der Waals surface area contributed by atoms with Gasteiger partial charge in [-0.25, -0.2) is 4.79 Å². The van der Waals surface area contributed by atoms with E-state index in [0.29, 0.717) is 12.8 Å². The highest BCUT2D eigenvalue weighted by Crippen LogP contribution is 2.45. The van der Waals surface area contributed by atoms with E-state index in [4.69, 9.17) is 4.74 Å². The maximum Gasteiger partial charge on any atom is 0.408 e. The smallest absolute Gasteiger partial charge is 0.408 e. The molecule has 3 aliphatic rings. The highest BCUT2D eigenvalue weighted by Gasteiger charge is 2.52. The largest absolute Gasteiger partial charge is 0.481 e. The first kappa shape index (κ1) is 23.4. The summed E-state index contributed by atoms with van der Waals surface area (Å²) in [5.41, 5.74) is 2.40. The van der Waals surface area contributed by atoms with E-state index in [1.54, 1.807) is 13.8 Å². The third kappa shape index (κ3) is 4.07. The fraction of sp³-hybridized carbons (Fsp3) is 0.464. The van der Waals surface area contributed by atoms with E-state index in [1.165, 1.54) is 0 Å². The number of ether oxygens (including phenoxy) is 1. The molecule has 0 saturated heterocycles. The van der Waals surface area contributed by atoms with Gasteiger partial charge in [0, 0.05) is 12.0 Å². The topological polar surface area (TPSA) is 105 Å². The van der Waals surface area contributed by atoms with Crippen molar-refractivity contribution in [1.82, 2.24) is 10.6 Å². The zero-order valence-corrected chi connectivity index (χ0v) is 20.2. The van der Waals surface area contributed by atoms with Crippen LogP contribution in [0.3, 0.4) is 0 Å². The number of carbonyl (C=O) groups is 3. The van der Waals surface area contributed by atoms with Gasteiger partial charge in [0.05, 0.1) is 5.41 Å². The van der Waals surface area contributed by atoms with Gasteiger partial charge in [-0.1, -0.05) is 55.0 Å². The first-order valence-electron chi connectivity index (χ1n) is 12.4. The number of carboxylic acids is 1. The lowest BCUT2D eigenvalue weighted by Gasteiger charge is -2.34. The number of hydrogen-bond donors (Lipinski definition) is 3. The van der Waals surface area contributed by atoms with Crippen LogP contribution in [-0.2, 0) is 14.3 Å². The molecule has 0 heterocycles. The summed E-state index contributed by atoms with van der Waals surface area (Å²) in [7, 11) is 0. The number of amides is 2. The van der Waals surface area contributed by atoms with Gasteiger partial charge in [0.1, 0.15) is 12.1 Å². The molecule has 2 aromatic rings. The molecule has 2 fully saturated rings. The van der Waals surface area contributed by atoms with Gasteiger partial charge in [0.2, 0.25) is 5.91 Å². The Morgan fingerprint density at radius 3 is 2.20 bits per heavy atom. The Kier molecular flexibility index (Phi) is 5.82. The quantitative estimate of drug-likeness (QED) is 0.548. The van der Waals surface area contributed by atoms with Gasteiger partial charge < -0.3 is 20.5 Å². The molecule has 2 saturated carbocycles. The summed E-state index contributed by atoms with van der Waals surface area (Å²) in [6.07, 6.45) is 2.90. The van der Waals surface area contributed by atoms with Crippen molar-refractivity contribution in [2.24, 2.45) is 11.3 Å². The minimum Gasteiger partial charge on any atom is -0.481 e. The van der Waals surface area contributed by atoms with E-state index in [-0.39, 0.29) is 24.3 Å². The number of carbonyl (C=O) groups excluding carboxylic acids is 2. The lowest BCUT2D eigenvalue weighted by molar-refractivity contribution is -0.149. The van der Waals surface area contributed by atoms with Crippen molar-refractivity contribution < 1.29 is 24.2 Å². The van der Waals surface area contributed by atoms with Crippen LogP contribution in [0.1, 0.15) is 63.0 Å². The van der Waals surface area contributed by atoms with Gasteiger partial charge in [-0.3, -0.25) is 9.59 Å². The van der Waals surface area contributed by atoms with Crippen molar-refractivity contribution >= 4 is 18.0 Å². The summed E-state index contributed by atoms with van der Waals surface area (Å²) in [6.45, 7) is 3.57. The van der Waals surface area contributed by atoms with Gasteiger partial charge in [-0.2, -0.15) is 0 Å². The van der Waals surface area contributed by atoms with Crippen LogP contribution in [0, 0.1) is 11.3 Å². The summed E-state index contributed by atoms with van der Waals surface area (Å²) >= 11 is 0. The van der Waals surface area contributed by atoms with Crippen LogP contribution < -0.4 is 10.6 Å². The van der Waals surface area contributed by atoms with E-state index in [0.717, 1.165) is 41.5 Å². The van der Waals surface area contributed by atoms with Gasteiger partial charge in [-0.05, 0) is 67.7 Å². The predicted molar refractivity (Wildman–Crippen MR) is 131 cm³/mol. The average molecular weight is 477 g/mol. The zero-order valence-electron chi connectivity index (χ0n) is 20.2. The van der Waals surface area contributed by atoms with Gasteiger partial charge in [0.15, 0.2) is 0 Å². The number of fused-ring (bicyclic) bond motifs is 3. The Balaban J connectivity index is 1.27. The van der Waals surface area contributed by atoms with E-state index in [1.807, 2.05) is 24.3 Å². The first-order valence-corrected chi connectivity index (χ1v) is 12.4. The Labute approximate surface area is 205 Å². The molecular formula is C28H32N2O5. The number of hydrogen-bond acceptors (Lipinski definition) is 4. The van der Waals surface area contributed by atoms with Crippen LogP contribution in [0.4, 0.5) is 4.79 Å². The molecule has 3 aliphatic carbocycles. The maximum absolute atomic E-state index is 13.4. The average Bonchev–Trinajstić information content (AvgIpc) is 3.57. The van der Waals surface area contributed by atoms with E-state index in [9.17, 15) is 19.5 Å². The molecular weight excluding hydrogens is 444 g/mol. The number of benzene rings is 2. The van der Waals surface area contributed by atoms with Crippen molar-refractivity contribution in [2.75, 3.05) is 6.61 Å². The summed E-state index contributed by atoms with van der Waals surface area (Å²) in [6, 6.07) is 15.8. The normalized spacial score (nSPS) is 24.7.